The maximum Gasteiger partial charge on any atom is 0.191 e. The minimum Gasteiger partial charge on any atom is -0.379 e. The zero-order valence-corrected chi connectivity index (χ0v) is 18.8. The lowest BCUT2D eigenvalue weighted by atomic mass is 9.85. The second-order valence-corrected chi connectivity index (χ2v) is 9.67. The summed E-state index contributed by atoms with van der Waals surface area (Å²) in [4.78, 5) is 7.45. The van der Waals surface area contributed by atoms with Crippen molar-refractivity contribution in [1.82, 2.24) is 15.5 Å². The van der Waals surface area contributed by atoms with Gasteiger partial charge in [-0.05, 0) is 36.8 Å². The lowest BCUT2D eigenvalue weighted by Crippen LogP contribution is -2.60. The van der Waals surface area contributed by atoms with Crippen LogP contribution in [-0.4, -0.2) is 73.8 Å². The minimum atomic E-state index is -0.241. The second kappa shape index (κ2) is 10.1. The van der Waals surface area contributed by atoms with E-state index in [0.29, 0.717) is 6.54 Å². The molecule has 2 saturated heterocycles. The summed E-state index contributed by atoms with van der Waals surface area (Å²) in [5, 5.41) is 6.98. The molecule has 0 saturated carbocycles. The number of morpholine rings is 1. The van der Waals surface area contributed by atoms with Crippen LogP contribution in [0.4, 0.5) is 4.39 Å². The van der Waals surface area contributed by atoms with E-state index < -0.39 is 0 Å². The molecular formula is C22H35FN4OS. The van der Waals surface area contributed by atoms with Gasteiger partial charge < -0.3 is 15.4 Å². The number of nitrogens with zero attached hydrogens (tertiary/aromatic N) is 2. The summed E-state index contributed by atoms with van der Waals surface area (Å²) < 4.78 is 19.2. The van der Waals surface area contributed by atoms with Crippen molar-refractivity contribution in [3.8, 4) is 0 Å². The van der Waals surface area contributed by atoms with Gasteiger partial charge in [0, 0.05) is 42.9 Å². The average Bonchev–Trinajstić information content (AvgIpc) is 3.21. The molecule has 2 fully saturated rings. The average molecular weight is 423 g/mol. The van der Waals surface area contributed by atoms with Crippen molar-refractivity contribution in [3.63, 3.8) is 0 Å². The number of halogens is 1. The summed E-state index contributed by atoms with van der Waals surface area (Å²) in [7, 11) is 0. The van der Waals surface area contributed by atoms with Gasteiger partial charge in [0.25, 0.3) is 0 Å². The van der Waals surface area contributed by atoms with Gasteiger partial charge in [-0.2, -0.15) is 11.8 Å². The van der Waals surface area contributed by atoms with E-state index in [4.69, 9.17) is 9.73 Å². The molecule has 0 radical (unpaired) electrons. The molecule has 0 aliphatic carbocycles. The van der Waals surface area contributed by atoms with E-state index >= 15 is 0 Å². The molecule has 1 aromatic carbocycles. The lowest BCUT2D eigenvalue weighted by Gasteiger charge is -2.43. The summed E-state index contributed by atoms with van der Waals surface area (Å²) in [6.45, 7) is 12.2. The zero-order valence-electron chi connectivity index (χ0n) is 18.0. The first kappa shape index (κ1) is 22.4. The van der Waals surface area contributed by atoms with Gasteiger partial charge in [-0.1, -0.05) is 26.0 Å². The molecule has 3 rings (SSSR count). The van der Waals surface area contributed by atoms with Crippen LogP contribution < -0.4 is 10.6 Å². The Hall–Kier alpha value is -1.31. The topological polar surface area (TPSA) is 48.9 Å². The summed E-state index contributed by atoms with van der Waals surface area (Å²) in [5.74, 6) is 2.99. The maximum atomic E-state index is 13.7. The fraction of sp³-hybridized carbons (Fsp3) is 0.682. The molecule has 29 heavy (non-hydrogen) atoms. The van der Waals surface area contributed by atoms with Crippen LogP contribution in [0.5, 0.6) is 0 Å². The highest BCUT2D eigenvalue weighted by molar-refractivity contribution is 7.99. The van der Waals surface area contributed by atoms with Crippen molar-refractivity contribution < 1.29 is 9.13 Å². The Bertz CT molecular complexity index is 685. The van der Waals surface area contributed by atoms with Gasteiger partial charge in [0.2, 0.25) is 0 Å². The molecule has 0 aromatic heterocycles. The molecule has 2 aliphatic rings. The predicted molar refractivity (Wildman–Crippen MR) is 120 cm³/mol. The predicted octanol–water partition coefficient (Wildman–Crippen LogP) is 2.87. The molecule has 2 N–H and O–H groups in total. The smallest absolute Gasteiger partial charge is 0.191 e. The van der Waals surface area contributed by atoms with Gasteiger partial charge in [0.1, 0.15) is 5.82 Å². The van der Waals surface area contributed by atoms with Crippen molar-refractivity contribution in [1.29, 1.82) is 0 Å². The lowest BCUT2D eigenvalue weighted by molar-refractivity contribution is -0.0120. The van der Waals surface area contributed by atoms with E-state index in [-0.39, 0.29) is 16.8 Å². The molecular weight excluding hydrogens is 387 g/mol. The Morgan fingerprint density at radius 2 is 2.10 bits per heavy atom. The molecule has 0 spiro atoms. The van der Waals surface area contributed by atoms with E-state index in [1.54, 1.807) is 12.1 Å². The van der Waals surface area contributed by atoms with Gasteiger partial charge in [0.05, 0.1) is 19.8 Å². The number of hydrogen-bond acceptors (Lipinski definition) is 4. The van der Waals surface area contributed by atoms with Gasteiger partial charge in [-0.25, -0.2) is 4.39 Å². The molecule has 1 unspecified atom stereocenters. The summed E-state index contributed by atoms with van der Waals surface area (Å²) in [6.07, 6.45) is 1.19. The van der Waals surface area contributed by atoms with Crippen molar-refractivity contribution in [2.24, 2.45) is 4.99 Å². The molecule has 2 heterocycles. The van der Waals surface area contributed by atoms with Crippen molar-refractivity contribution in [2.75, 3.05) is 57.4 Å². The van der Waals surface area contributed by atoms with Crippen LogP contribution in [0, 0.1) is 5.82 Å². The fourth-order valence-electron chi connectivity index (χ4n) is 4.00. The number of hydrogen-bond donors (Lipinski definition) is 2. The molecule has 2 aliphatic heterocycles. The first-order valence-corrected chi connectivity index (χ1v) is 11.8. The van der Waals surface area contributed by atoms with Gasteiger partial charge >= 0.3 is 0 Å². The zero-order chi connectivity index (χ0) is 20.7. The van der Waals surface area contributed by atoms with Gasteiger partial charge in [-0.15, -0.1) is 0 Å². The number of aliphatic imine (C=N–C) groups is 1. The Balaban J connectivity index is 1.67. The normalized spacial score (nSPS) is 23.9. The van der Waals surface area contributed by atoms with Crippen molar-refractivity contribution in [3.05, 3.63) is 35.6 Å². The largest absolute Gasteiger partial charge is 0.379 e. The van der Waals surface area contributed by atoms with Crippen LogP contribution in [0.1, 0.15) is 32.8 Å². The molecule has 7 heteroatoms. The number of thioether (sulfide) groups is 1. The number of nitrogens with one attached hydrogen (secondary N) is 2. The molecule has 162 valence electrons. The summed E-state index contributed by atoms with van der Waals surface area (Å²) in [5.41, 5.74) is 0.896. The van der Waals surface area contributed by atoms with E-state index in [2.05, 4.69) is 36.3 Å². The monoisotopic (exact) mass is 422 g/mol. The van der Waals surface area contributed by atoms with Crippen molar-refractivity contribution in [2.45, 2.75) is 38.1 Å². The standard InChI is InChI=1S/C22H35FN4OS/c1-4-24-20(25-15-21(2,3)18-6-5-7-19(23)14-18)26-16-22(8-13-29-17-22)27-9-11-28-12-10-27/h5-7,14H,4,8-13,15-17H2,1-3H3,(H2,24,25,26). The van der Waals surface area contributed by atoms with Crippen LogP contribution in [0.25, 0.3) is 0 Å². The summed E-state index contributed by atoms with van der Waals surface area (Å²) >= 11 is 2.04. The van der Waals surface area contributed by atoms with Crippen LogP contribution in [-0.2, 0) is 10.2 Å². The van der Waals surface area contributed by atoms with E-state index in [9.17, 15) is 4.39 Å². The first-order valence-electron chi connectivity index (χ1n) is 10.6. The summed E-state index contributed by atoms with van der Waals surface area (Å²) in [6, 6.07) is 6.84. The van der Waals surface area contributed by atoms with Crippen LogP contribution in [0.3, 0.4) is 0 Å². The van der Waals surface area contributed by atoms with E-state index in [1.807, 2.05) is 17.8 Å². The van der Waals surface area contributed by atoms with Crippen molar-refractivity contribution >= 4 is 17.7 Å². The van der Waals surface area contributed by atoms with Crippen LogP contribution in [0.2, 0.25) is 0 Å². The highest BCUT2D eigenvalue weighted by Gasteiger charge is 2.40. The third kappa shape index (κ3) is 5.86. The third-order valence-electron chi connectivity index (χ3n) is 5.93. The van der Waals surface area contributed by atoms with Crippen LogP contribution in [0.15, 0.2) is 29.3 Å². The fourth-order valence-corrected chi connectivity index (χ4v) is 5.48. The molecule has 5 nitrogen and oxygen atoms in total. The number of guanidine groups is 1. The van der Waals surface area contributed by atoms with E-state index in [1.165, 1.54) is 18.2 Å². The number of benzene rings is 1. The van der Waals surface area contributed by atoms with Gasteiger partial charge in [0.15, 0.2) is 5.96 Å². The molecule has 1 atom stereocenters. The number of rotatable bonds is 7. The van der Waals surface area contributed by atoms with Crippen LogP contribution >= 0.6 is 11.8 Å². The Morgan fingerprint density at radius 1 is 1.31 bits per heavy atom. The van der Waals surface area contributed by atoms with E-state index in [0.717, 1.165) is 56.7 Å². The quantitative estimate of drug-likeness (QED) is 0.523. The third-order valence-corrected chi connectivity index (χ3v) is 7.17. The Kier molecular flexibility index (Phi) is 7.82. The Labute approximate surface area is 178 Å². The molecule has 1 aromatic rings. The highest BCUT2D eigenvalue weighted by atomic mass is 32.2. The SMILES string of the molecule is CCNC(=NCC(C)(C)c1cccc(F)c1)NCC1(N2CCOCC2)CCSC1. The Morgan fingerprint density at radius 3 is 2.76 bits per heavy atom. The maximum absolute atomic E-state index is 13.7. The molecule has 0 bridgehead atoms. The first-order chi connectivity index (χ1) is 14.0. The second-order valence-electron chi connectivity index (χ2n) is 8.57. The minimum absolute atomic E-state index is 0.169. The molecule has 0 amide bonds. The number of ether oxygens (including phenoxy) is 1. The van der Waals surface area contributed by atoms with Gasteiger partial charge in [-0.3, -0.25) is 9.89 Å². The highest BCUT2D eigenvalue weighted by Crippen LogP contribution is 2.33.